The molecule has 0 spiro atoms. The summed E-state index contributed by atoms with van der Waals surface area (Å²) < 4.78 is 5.28. The molecular weight excluding hydrogens is 200 g/mol. The fraction of sp³-hybridized carbons (Fsp3) is 0.231. The summed E-state index contributed by atoms with van der Waals surface area (Å²) in [6.45, 7) is 12.6. The van der Waals surface area contributed by atoms with Gasteiger partial charge in [0.1, 0.15) is 5.76 Å². The maximum atomic E-state index is 5.28. The summed E-state index contributed by atoms with van der Waals surface area (Å²) in [6, 6.07) is 0.362. The van der Waals surface area contributed by atoms with Gasteiger partial charge in [0.05, 0.1) is 0 Å². The van der Waals surface area contributed by atoms with Crippen LogP contribution in [-0.2, 0) is 0 Å². The van der Waals surface area contributed by atoms with Crippen LogP contribution in [0.25, 0.3) is 0 Å². The van der Waals surface area contributed by atoms with Crippen LogP contribution in [0.15, 0.2) is 49.5 Å². The number of aryl methyl sites for hydroxylation is 1. The van der Waals surface area contributed by atoms with Crippen molar-refractivity contribution in [2.75, 3.05) is 0 Å². The number of nitrogens with zero attached hydrogens (tertiary/aromatic N) is 2. The molecule has 0 N–H and O–H groups in total. The molecule has 0 unspecified atom stereocenters. The predicted octanol–water partition coefficient (Wildman–Crippen LogP) is 3.45. The number of rotatable bonds is 3. The van der Waals surface area contributed by atoms with Crippen LogP contribution in [0.5, 0.6) is 6.01 Å². The van der Waals surface area contributed by atoms with Crippen LogP contribution in [0.1, 0.15) is 19.4 Å². The number of hydrogen-bond donors (Lipinski definition) is 0. The number of hydrogen-bond acceptors (Lipinski definition) is 3. The van der Waals surface area contributed by atoms with Crippen LogP contribution < -0.4 is 4.74 Å². The fourth-order valence-electron chi connectivity index (χ4n) is 0.777. The molecule has 0 aliphatic rings. The number of allylic oxidation sites excluding steroid dienone is 4. The Kier molecular flexibility index (Phi) is 7.41. The van der Waals surface area contributed by atoms with Gasteiger partial charge in [-0.1, -0.05) is 18.7 Å². The summed E-state index contributed by atoms with van der Waals surface area (Å²) in [6.07, 6.45) is 8.58. The molecule has 1 heterocycles. The molecule has 0 amide bonds. The summed E-state index contributed by atoms with van der Waals surface area (Å²) in [7, 11) is 0. The van der Waals surface area contributed by atoms with Crippen molar-refractivity contribution < 1.29 is 4.74 Å². The van der Waals surface area contributed by atoms with E-state index >= 15 is 0 Å². The molecule has 0 saturated heterocycles. The van der Waals surface area contributed by atoms with Gasteiger partial charge >= 0.3 is 6.01 Å². The quantitative estimate of drug-likeness (QED) is 0.443. The molecule has 0 atom stereocenters. The fourth-order valence-corrected chi connectivity index (χ4v) is 0.777. The van der Waals surface area contributed by atoms with Gasteiger partial charge in [0.15, 0.2) is 0 Å². The van der Waals surface area contributed by atoms with Gasteiger partial charge in [-0.25, -0.2) is 9.97 Å². The van der Waals surface area contributed by atoms with E-state index in [9.17, 15) is 0 Å². The Morgan fingerprint density at radius 1 is 1.31 bits per heavy atom. The lowest BCUT2D eigenvalue weighted by Crippen LogP contribution is -1.95. The van der Waals surface area contributed by atoms with E-state index in [4.69, 9.17) is 4.74 Å². The molecule has 0 aliphatic heterocycles. The highest BCUT2D eigenvalue weighted by Crippen LogP contribution is 2.05. The molecule has 0 bridgehead atoms. The van der Waals surface area contributed by atoms with Gasteiger partial charge in [-0.3, -0.25) is 0 Å². The van der Waals surface area contributed by atoms with E-state index in [1.54, 1.807) is 30.6 Å². The Labute approximate surface area is 97.2 Å². The van der Waals surface area contributed by atoms with E-state index in [0.29, 0.717) is 6.01 Å². The van der Waals surface area contributed by atoms with E-state index < -0.39 is 0 Å². The topological polar surface area (TPSA) is 35.0 Å². The first-order valence-electron chi connectivity index (χ1n) is 4.97. The average molecular weight is 218 g/mol. The van der Waals surface area contributed by atoms with Crippen LogP contribution in [0.3, 0.4) is 0 Å². The van der Waals surface area contributed by atoms with Crippen LogP contribution in [-0.4, -0.2) is 9.97 Å². The first-order chi connectivity index (χ1) is 7.63. The number of aromatic nitrogens is 2. The molecule has 1 aromatic rings. The lowest BCUT2D eigenvalue weighted by molar-refractivity contribution is 0.392. The molecule has 0 aliphatic carbocycles. The van der Waals surface area contributed by atoms with Gasteiger partial charge in [0, 0.05) is 12.4 Å². The lowest BCUT2D eigenvalue weighted by Gasteiger charge is -2.01. The van der Waals surface area contributed by atoms with Crippen LogP contribution in [0, 0.1) is 6.92 Å². The van der Waals surface area contributed by atoms with Crippen molar-refractivity contribution in [3.63, 3.8) is 0 Å². The molecule has 16 heavy (non-hydrogen) atoms. The third-order valence-electron chi connectivity index (χ3n) is 1.36. The molecule has 3 heteroatoms. The maximum Gasteiger partial charge on any atom is 0.321 e. The van der Waals surface area contributed by atoms with E-state index in [1.807, 2.05) is 20.8 Å². The Hall–Kier alpha value is -1.90. The standard InChI is InChI=1S/C10H12N2O.C3H6/c1-4-5-9(3)13-10-11-6-8(2)7-12-10;1-3-2/h4-7H,1H2,2-3H3;3H,1H2,2H3/b9-5+;. The molecule has 3 nitrogen and oxygen atoms in total. The summed E-state index contributed by atoms with van der Waals surface area (Å²) in [4.78, 5) is 7.98. The van der Waals surface area contributed by atoms with Gasteiger partial charge in [-0.15, -0.1) is 6.58 Å². The van der Waals surface area contributed by atoms with Crippen molar-refractivity contribution in [2.24, 2.45) is 0 Å². The first-order valence-corrected chi connectivity index (χ1v) is 4.97. The summed E-state index contributed by atoms with van der Waals surface area (Å²) in [5.41, 5.74) is 1.01. The second-order valence-corrected chi connectivity index (χ2v) is 3.07. The first kappa shape index (κ1) is 14.1. The van der Waals surface area contributed by atoms with Gasteiger partial charge in [0.25, 0.3) is 0 Å². The van der Waals surface area contributed by atoms with Gasteiger partial charge < -0.3 is 4.74 Å². The molecule has 1 aromatic heterocycles. The highest BCUT2D eigenvalue weighted by molar-refractivity contribution is 5.09. The summed E-state index contributed by atoms with van der Waals surface area (Å²) in [5.74, 6) is 0.721. The monoisotopic (exact) mass is 218 g/mol. The van der Waals surface area contributed by atoms with Gasteiger partial charge in [-0.2, -0.15) is 0 Å². The third kappa shape index (κ3) is 6.54. The summed E-state index contributed by atoms with van der Waals surface area (Å²) in [5, 5.41) is 0. The zero-order valence-electron chi connectivity index (χ0n) is 10.1. The van der Waals surface area contributed by atoms with Crippen molar-refractivity contribution in [1.29, 1.82) is 0 Å². The molecule has 0 aromatic carbocycles. The van der Waals surface area contributed by atoms with E-state index in [2.05, 4.69) is 23.1 Å². The van der Waals surface area contributed by atoms with Gasteiger partial charge in [-0.05, 0) is 32.4 Å². The van der Waals surface area contributed by atoms with Crippen molar-refractivity contribution >= 4 is 0 Å². The van der Waals surface area contributed by atoms with Crippen molar-refractivity contribution in [2.45, 2.75) is 20.8 Å². The Morgan fingerprint density at radius 3 is 2.25 bits per heavy atom. The zero-order chi connectivity index (χ0) is 12.4. The SMILES string of the molecule is C=C/C=C(\C)Oc1ncc(C)cn1.C=CC. The minimum absolute atomic E-state index is 0.362. The highest BCUT2D eigenvalue weighted by atomic mass is 16.5. The molecular formula is C13H18N2O. The smallest absolute Gasteiger partial charge is 0.321 e. The molecule has 0 radical (unpaired) electrons. The van der Waals surface area contributed by atoms with E-state index in [0.717, 1.165) is 11.3 Å². The lowest BCUT2D eigenvalue weighted by atomic mass is 10.4. The van der Waals surface area contributed by atoms with Crippen molar-refractivity contribution in [1.82, 2.24) is 9.97 Å². The van der Waals surface area contributed by atoms with E-state index in [1.165, 1.54) is 0 Å². The average Bonchev–Trinajstić information content (AvgIpc) is 2.23. The summed E-state index contributed by atoms with van der Waals surface area (Å²) >= 11 is 0. The minimum atomic E-state index is 0.362. The molecule has 0 fully saturated rings. The van der Waals surface area contributed by atoms with E-state index in [-0.39, 0.29) is 0 Å². The predicted molar refractivity (Wildman–Crippen MR) is 67.2 cm³/mol. The Balaban J connectivity index is 0.000000673. The largest absolute Gasteiger partial charge is 0.429 e. The second-order valence-electron chi connectivity index (χ2n) is 3.07. The third-order valence-corrected chi connectivity index (χ3v) is 1.36. The Morgan fingerprint density at radius 2 is 1.81 bits per heavy atom. The number of ether oxygens (including phenoxy) is 1. The van der Waals surface area contributed by atoms with Crippen LogP contribution >= 0.6 is 0 Å². The molecule has 1 rings (SSSR count). The Bertz CT molecular complexity index is 353. The highest BCUT2D eigenvalue weighted by Gasteiger charge is 1.96. The molecule has 86 valence electrons. The molecule has 0 saturated carbocycles. The van der Waals surface area contributed by atoms with Crippen molar-refractivity contribution in [3.8, 4) is 6.01 Å². The maximum absolute atomic E-state index is 5.28. The minimum Gasteiger partial charge on any atom is -0.429 e. The van der Waals surface area contributed by atoms with Crippen LogP contribution in [0.4, 0.5) is 0 Å². The van der Waals surface area contributed by atoms with Crippen LogP contribution in [0.2, 0.25) is 0 Å². The van der Waals surface area contributed by atoms with Crippen molar-refractivity contribution in [3.05, 3.63) is 55.1 Å². The normalized spacial score (nSPS) is 9.81. The van der Waals surface area contributed by atoms with Gasteiger partial charge in [0.2, 0.25) is 0 Å². The second kappa shape index (κ2) is 8.41. The zero-order valence-corrected chi connectivity index (χ0v) is 10.1.